The van der Waals surface area contributed by atoms with Crippen molar-refractivity contribution in [1.82, 2.24) is 5.01 Å². The minimum absolute atomic E-state index is 0.582. The Bertz CT molecular complexity index is 133. The second kappa shape index (κ2) is 2.64. The average Bonchev–Trinajstić information content (AvgIpc) is 1.89. The Morgan fingerprint density at radius 3 is 2.89 bits per heavy atom. The largest absolute Gasteiger partial charge is 0.373 e. The van der Waals surface area contributed by atoms with Crippen LogP contribution in [0.5, 0.6) is 0 Å². The SMILES string of the molecule is C=NN1CCOCC1=C. The molecule has 50 valence electrons. The lowest BCUT2D eigenvalue weighted by Crippen LogP contribution is -2.29. The molecule has 1 rings (SSSR count). The molecular weight excluding hydrogens is 116 g/mol. The molecule has 0 saturated carbocycles. The topological polar surface area (TPSA) is 24.8 Å². The number of rotatable bonds is 1. The maximum absolute atomic E-state index is 5.08. The van der Waals surface area contributed by atoms with E-state index in [1.165, 1.54) is 0 Å². The van der Waals surface area contributed by atoms with Crippen LogP contribution in [0.2, 0.25) is 0 Å². The first-order valence-electron chi connectivity index (χ1n) is 2.84. The summed E-state index contributed by atoms with van der Waals surface area (Å²) in [7, 11) is 0. The fraction of sp³-hybridized carbons (Fsp3) is 0.500. The summed E-state index contributed by atoms with van der Waals surface area (Å²) in [6.45, 7) is 9.21. The lowest BCUT2D eigenvalue weighted by atomic mass is 10.4. The molecule has 0 atom stereocenters. The van der Waals surface area contributed by atoms with Gasteiger partial charge in [0.15, 0.2) is 0 Å². The van der Waals surface area contributed by atoms with Gasteiger partial charge in [0.05, 0.1) is 25.5 Å². The molecule has 1 fully saturated rings. The third kappa shape index (κ3) is 1.29. The molecule has 0 aromatic rings. The zero-order chi connectivity index (χ0) is 6.69. The van der Waals surface area contributed by atoms with Crippen LogP contribution < -0.4 is 0 Å². The predicted molar refractivity (Wildman–Crippen MR) is 36.2 cm³/mol. The Balaban J connectivity index is 2.48. The first-order chi connectivity index (χ1) is 4.34. The minimum Gasteiger partial charge on any atom is -0.373 e. The lowest BCUT2D eigenvalue weighted by Gasteiger charge is -2.25. The quantitative estimate of drug-likeness (QED) is 0.476. The van der Waals surface area contributed by atoms with Gasteiger partial charge in [-0.1, -0.05) is 6.58 Å². The van der Waals surface area contributed by atoms with Crippen molar-refractivity contribution in [3.63, 3.8) is 0 Å². The van der Waals surface area contributed by atoms with Crippen LogP contribution in [-0.4, -0.2) is 31.5 Å². The van der Waals surface area contributed by atoms with Gasteiger partial charge < -0.3 is 4.74 Å². The Kier molecular flexibility index (Phi) is 1.85. The third-order valence-corrected chi connectivity index (χ3v) is 1.25. The lowest BCUT2D eigenvalue weighted by molar-refractivity contribution is 0.0759. The Labute approximate surface area is 54.6 Å². The Morgan fingerprint density at radius 1 is 1.67 bits per heavy atom. The van der Waals surface area contributed by atoms with Gasteiger partial charge in [0.25, 0.3) is 0 Å². The van der Waals surface area contributed by atoms with Crippen molar-refractivity contribution in [2.45, 2.75) is 0 Å². The van der Waals surface area contributed by atoms with E-state index in [0.29, 0.717) is 6.61 Å². The molecule has 0 spiro atoms. The van der Waals surface area contributed by atoms with Gasteiger partial charge in [0, 0.05) is 6.72 Å². The molecule has 0 radical (unpaired) electrons. The molecule has 9 heavy (non-hydrogen) atoms. The van der Waals surface area contributed by atoms with E-state index in [1.54, 1.807) is 5.01 Å². The molecule has 0 aromatic heterocycles. The normalized spacial score (nSPS) is 20.0. The zero-order valence-electron chi connectivity index (χ0n) is 5.34. The van der Waals surface area contributed by atoms with Crippen LogP contribution >= 0.6 is 0 Å². The van der Waals surface area contributed by atoms with Gasteiger partial charge in [0.1, 0.15) is 0 Å². The summed E-state index contributed by atoms with van der Waals surface area (Å²) in [5, 5.41) is 5.49. The van der Waals surface area contributed by atoms with E-state index < -0.39 is 0 Å². The molecular formula is C6H10N2O. The monoisotopic (exact) mass is 126 g/mol. The van der Waals surface area contributed by atoms with E-state index in [-0.39, 0.29) is 0 Å². The Morgan fingerprint density at radius 2 is 2.44 bits per heavy atom. The third-order valence-electron chi connectivity index (χ3n) is 1.25. The molecule has 0 unspecified atom stereocenters. The summed E-state index contributed by atoms with van der Waals surface area (Å²) >= 11 is 0. The van der Waals surface area contributed by atoms with Gasteiger partial charge in [-0.05, 0) is 0 Å². The summed E-state index contributed by atoms with van der Waals surface area (Å²) < 4.78 is 5.08. The second-order valence-electron chi connectivity index (χ2n) is 1.88. The van der Waals surface area contributed by atoms with Gasteiger partial charge in [-0.25, -0.2) is 0 Å². The van der Waals surface area contributed by atoms with E-state index in [2.05, 4.69) is 18.4 Å². The van der Waals surface area contributed by atoms with E-state index >= 15 is 0 Å². The van der Waals surface area contributed by atoms with Crippen molar-refractivity contribution >= 4 is 6.72 Å². The fourth-order valence-corrected chi connectivity index (χ4v) is 0.744. The molecule has 3 nitrogen and oxygen atoms in total. The molecule has 1 saturated heterocycles. The smallest absolute Gasteiger partial charge is 0.0879 e. The summed E-state index contributed by atoms with van der Waals surface area (Å²) in [5.74, 6) is 0. The van der Waals surface area contributed by atoms with E-state index in [4.69, 9.17) is 4.74 Å². The van der Waals surface area contributed by atoms with Crippen LogP contribution in [0.25, 0.3) is 0 Å². The fourth-order valence-electron chi connectivity index (χ4n) is 0.744. The van der Waals surface area contributed by atoms with Crippen molar-refractivity contribution < 1.29 is 4.74 Å². The molecule has 1 heterocycles. The molecule has 1 aliphatic rings. The number of hydrogen-bond acceptors (Lipinski definition) is 3. The van der Waals surface area contributed by atoms with Crippen LogP contribution in [0, 0.1) is 0 Å². The predicted octanol–water partition coefficient (Wildman–Crippen LogP) is 0.448. The van der Waals surface area contributed by atoms with E-state index in [9.17, 15) is 0 Å². The number of morpholine rings is 1. The minimum atomic E-state index is 0.582. The first kappa shape index (κ1) is 6.29. The highest BCUT2D eigenvalue weighted by atomic mass is 16.5. The number of hydrazone groups is 1. The van der Waals surface area contributed by atoms with Crippen LogP contribution in [0.1, 0.15) is 0 Å². The standard InChI is InChI=1S/C6H10N2O/c1-6-5-9-4-3-8(6)7-2/h1-5H2. The summed E-state index contributed by atoms with van der Waals surface area (Å²) in [4.78, 5) is 0. The van der Waals surface area contributed by atoms with Crippen LogP contribution in [0.3, 0.4) is 0 Å². The van der Waals surface area contributed by atoms with Gasteiger partial charge in [-0.15, -0.1) is 0 Å². The number of ether oxygens (including phenoxy) is 1. The van der Waals surface area contributed by atoms with Crippen molar-refractivity contribution in [2.24, 2.45) is 5.10 Å². The number of nitrogens with zero attached hydrogens (tertiary/aromatic N) is 2. The highest BCUT2D eigenvalue weighted by Crippen LogP contribution is 2.06. The van der Waals surface area contributed by atoms with Crippen LogP contribution in [0.15, 0.2) is 17.4 Å². The highest BCUT2D eigenvalue weighted by molar-refractivity contribution is 5.23. The summed E-state index contributed by atoms with van der Waals surface area (Å²) in [6, 6.07) is 0. The van der Waals surface area contributed by atoms with Crippen LogP contribution in [0.4, 0.5) is 0 Å². The zero-order valence-corrected chi connectivity index (χ0v) is 5.34. The first-order valence-corrected chi connectivity index (χ1v) is 2.84. The number of hydrogen-bond donors (Lipinski definition) is 0. The van der Waals surface area contributed by atoms with Crippen molar-refractivity contribution in [2.75, 3.05) is 19.8 Å². The molecule has 0 N–H and O–H groups in total. The maximum atomic E-state index is 5.08. The van der Waals surface area contributed by atoms with Gasteiger partial charge in [0.2, 0.25) is 0 Å². The molecule has 0 aliphatic carbocycles. The molecule has 0 aromatic carbocycles. The molecule has 0 amide bonds. The maximum Gasteiger partial charge on any atom is 0.0879 e. The van der Waals surface area contributed by atoms with Crippen LogP contribution in [-0.2, 0) is 4.74 Å². The van der Waals surface area contributed by atoms with Crippen molar-refractivity contribution in [1.29, 1.82) is 0 Å². The van der Waals surface area contributed by atoms with E-state index in [0.717, 1.165) is 18.8 Å². The highest BCUT2D eigenvalue weighted by Gasteiger charge is 2.09. The van der Waals surface area contributed by atoms with Gasteiger partial charge in [-0.3, -0.25) is 5.01 Å². The summed E-state index contributed by atoms with van der Waals surface area (Å²) in [6.07, 6.45) is 0. The average molecular weight is 126 g/mol. The van der Waals surface area contributed by atoms with E-state index in [1.807, 2.05) is 0 Å². The van der Waals surface area contributed by atoms with Crippen molar-refractivity contribution in [3.8, 4) is 0 Å². The van der Waals surface area contributed by atoms with Gasteiger partial charge >= 0.3 is 0 Å². The molecule has 0 bridgehead atoms. The van der Waals surface area contributed by atoms with Gasteiger partial charge in [-0.2, -0.15) is 5.10 Å². The molecule has 3 heteroatoms. The Hall–Kier alpha value is -0.830. The van der Waals surface area contributed by atoms with Crippen molar-refractivity contribution in [3.05, 3.63) is 12.3 Å². The summed E-state index contributed by atoms with van der Waals surface area (Å²) in [5.41, 5.74) is 0.885. The second-order valence-corrected chi connectivity index (χ2v) is 1.88. The molecule has 1 aliphatic heterocycles.